The predicted octanol–water partition coefficient (Wildman–Crippen LogP) is 6.34. The number of aromatic hydroxyl groups is 2. The van der Waals surface area contributed by atoms with E-state index in [1.54, 1.807) is 36.4 Å². The molecule has 0 aliphatic heterocycles. The third-order valence-corrected chi connectivity index (χ3v) is 9.55. The van der Waals surface area contributed by atoms with E-state index in [0.29, 0.717) is 33.8 Å². The van der Waals surface area contributed by atoms with Crippen LogP contribution in [0, 0.1) is 11.8 Å². The lowest BCUT2D eigenvalue weighted by molar-refractivity contribution is 0.0921. The van der Waals surface area contributed by atoms with E-state index in [0.717, 1.165) is 9.81 Å². The maximum absolute atomic E-state index is 13.2. The monoisotopic (exact) mass is 542 g/mol. The van der Waals surface area contributed by atoms with Crippen molar-refractivity contribution in [3.05, 3.63) is 118 Å². The Hall–Kier alpha value is -3.88. The standard InChI is InChI=1S/C30H22O6S2/c31-19-9-1-5-15-23(19)27(35)24-16(6-2-10-20(24)32)29(15)37-13-14-38-30-17-7-3-11-21(33)25(17)28(36)26-18(30)8-4-12-22(26)34/h1-12,23,25,31-34H,13-14H2. The number of hydrogen-bond acceptors (Lipinski definition) is 8. The predicted molar refractivity (Wildman–Crippen MR) is 150 cm³/mol. The third-order valence-electron chi connectivity index (χ3n) is 6.99. The summed E-state index contributed by atoms with van der Waals surface area (Å²) in [6.07, 6.45) is 10.1. The van der Waals surface area contributed by atoms with E-state index in [-0.39, 0.29) is 45.7 Å². The van der Waals surface area contributed by atoms with E-state index in [1.165, 1.54) is 47.8 Å². The number of hydrogen-bond donors (Lipinski definition) is 4. The van der Waals surface area contributed by atoms with Gasteiger partial charge in [-0.15, -0.1) is 23.5 Å². The van der Waals surface area contributed by atoms with E-state index >= 15 is 0 Å². The zero-order chi connectivity index (χ0) is 26.6. The van der Waals surface area contributed by atoms with Crippen LogP contribution < -0.4 is 0 Å². The Kier molecular flexibility index (Phi) is 6.08. The maximum Gasteiger partial charge on any atom is 0.182 e. The molecule has 0 fully saturated rings. The summed E-state index contributed by atoms with van der Waals surface area (Å²) in [7, 11) is 0. The second-order valence-electron chi connectivity index (χ2n) is 9.16. The number of phenols is 2. The van der Waals surface area contributed by atoms with Crippen molar-refractivity contribution >= 4 is 44.9 Å². The molecule has 0 heterocycles. The molecule has 4 aliphatic carbocycles. The summed E-state index contributed by atoms with van der Waals surface area (Å²) in [5, 5.41) is 41.9. The Bertz CT molecular complexity index is 1480. The van der Waals surface area contributed by atoms with Gasteiger partial charge in [-0.1, -0.05) is 48.6 Å². The number of carbonyl (C=O) groups is 2. The van der Waals surface area contributed by atoms with Gasteiger partial charge < -0.3 is 20.4 Å². The first-order valence-electron chi connectivity index (χ1n) is 12.0. The van der Waals surface area contributed by atoms with Crippen LogP contribution in [0.2, 0.25) is 0 Å². The van der Waals surface area contributed by atoms with Gasteiger partial charge in [-0.2, -0.15) is 0 Å². The number of rotatable bonds is 5. The number of fused-ring (bicyclic) bond motifs is 4. The lowest BCUT2D eigenvalue weighted by Crippen LogP contribution is -2.26. The number of thioether (sulfide) groups is 2. The van der Waals surface area contributed by atoms with E-state index in [4.69, 9.17) is 0 Å². The fourth-order valence-electron chi connectivity index (χ4n) is 5.35. The van der Waals surface area contributed by atoms with Crippen LogP contribution in [0.3, 0.4) is 0 Å². The van der Waals surface area contributed by atoms with Gasteiger partial charge in [0.15, 0.2) is 11.6 Å². The average molecular weight is 543 g/mol. The summed E-state index contributed by atoms with van der Waals surface area (Å²) in [6.45, 7) is 0. The molecule has 2 aromatic rings. The highest BCUT2D eigenvalue weighted by molar-refractivity contribution is 8.11. The SMILES string of the molecule is O=C1c2c(O)cccc2C(SCCSC2=C3C=CC=C(O)C3C(=O)c3c(O)cccc32)=C2C=CC=C(O)C12. The van der Waals surface area contributed by atoms with Crippen LogP contribution in [0.25, 0.3) is 9.81 Å². The molecule has 0 radical (unpaired) electrons. The van der Waals surface area contributed by atoms with Crippen LogP contribution in [0.4, 0.5) is 0 Å². The highest BCUT2D eigenvalue weighted by Gasteiger charge is 2.40. The van der Waals surface area contributed by atoms with Gasteiger partial charge in [0.05, 0.1) is 11.1 Å². The van der Waals surface area contributed by atoms with Gasteiger partial charge in [-0.3, -0.25) is 9.59 Å². The molecule has 4 aliphatic rings. The Morgan fingerprint density at radius 1 is 0.632 bits per heavy atom. The first-order chi connectivity index (χ1) is 18.4. The summed E-state index contributed by atoms with van der Waals surface area (Å²) in [6, 6.07) is 9.95. The van der Waals surface area contributed by atoms with Crippen molar-refractivity contribution in [3.63, 3.8) is 0 Å². The zero-order valence-electron chi connectivity index (χ0n) is 19.9. The van der Waals surface area contributed by atoms with Crippen molar-refractivity contribution in [2.45, 2.75) is 0 Å². The van der Waals surface area contributed by atoms with Crippen LogP contribution in [-0.4, -0.2) is 43.5 Å². The number of phenolic OH excluding ortho intramolecular Hbond substituents is 2. The number of Topliss-reactive ketones (excluding diaryl/α,β-unsaturated/α-hetero) is 2. The van der Waals surface area contributed by atoms with Gasteiger partial charge in [0, 0.05) is 32.4 Å². The van der Waals surface area contributed by atoms with E-state index < -0.39 is 11.8 Å². The molecule has 0 saturated heterocycles. The fourth-order valence-corrected chi connectivity index (χ4v) is 7.79. The molecular formula is C30H22O6S2. The Labute approximate surface area is 227 Å². The number of carbonyl (C=O) groups excluding carboxylic acids is 2. The van der Waals surface area contributed by atoms with Crippen LogP contribution >= 0.6 is 23.5 Å². The highest BCUT2D eigenvalue weighted by atomic mass is 32.2. The van der Waals surface area contributed by atoms with Crippen LogP contribution in [0.15, 0.2) is 95.5 Å². The molecule has 6 rings (SSSR count). The van der Waals surface area contributed by atoms with E-state index in [9.17, 15) is 30.0 Å². The molecule has 38 heavy (non-hydrogen) atoms. The molecular weight excluding hydrogens is 520 g/mol. The molecule has 0 spiro atoms. The van der Waals surface area contributed by atoms with Gasteiger partial charge in [0.2, 0.25) is 0 Å². The zero-order valence-corrected chi connectivity index (χ0v) is 21.6. The Morgan fingerprint density at radius 2 is 1.05 bits per heavy atom. The molecule has 2 aromatic carbocycles. The van der Waals surface area contributed by atoms with Crippen LogP contribution in [-0.2, 0) is 0 Å². The molecule has 8 heteroatoms. The van der Waals surface area contributed by atoms with Crippen molar-refractivity contribution in [3.8, 4) is 11.5 Å². The molecule has 0 saturated carbocycles. The van der Waals surface area contributed by atoms with Crippen molar-refractivity contribution in [1.82, 2.24) is 0 Å². The molecule has 0 bridgehead atoms. The minimum Gasteiger partial charge on any atom is -0.511 e. The largest absolute Gasteiger partial charge is 0.511 e. The molecule has 0 aromatic heterocycles. The molecule has 4 N–H and O–H groups in total. The fraction of sp³-hybridized carbons (Fsp3) is 0.133. The average Bonchev–Trinajstić information content (AvgIpc) is 2.89. The first kappa shape index (κ1) is 24.5. The number of allylic oxidation sites excluding steroid dienone is 8. The number of aliphatic hydroxyl groups is 2. The van der Waals surface area contributed by atoms with E-state index in [2.05, 4.69) is 0 Å². The topological polar surface area (TPSA) is 115 Å². The number of aliphatic hydroxyl groups excluding tert-OH is 2. The lowest BCUT2D eigenvalue weighted by atomic mass is 9.78. The summed E-state index contributed by atoms with van der Waals surface area (Å²) in [5.41, 5.74) is 3.11. The molecule has 6 nitrogen and oxygen atoms in total. The molecule has 2 unspecified atom stereocenters. The van der Waals surface area contributed by atoms with Gasteiger partial charge >= 0.3 is 0 Å². The van der Waals surface area contributed by atoms with Gasteiger partial charge in [-0.05, 0) is 35.4 Å². The maximum atomic E-state index is 13.2. The van der Waals surface area contributed by atoms with Crippen molar-refractivity contribution in [1.29, 1.82) is 0 Å². The highest BCUT2D eigenvalue weighted by Crippen LogP contribution is 2.49. The van der Waals surface area contributed by atoms with Crippen molar-refractivity contribution in [2.24, 2.45) is 11.8 Å². The van der Waals surface area contributed by atoms with Crippen LogP contribution in [0.5, 0.6) is 11.5 Å². The summed E-state index contributed by atoms with van der Waals surface area (Å²) in [4.78, 5) is 28.0. The van der Waals surface area contributed by atoms with Crippen LogP contribution in [0.1, 0.15) is 31.8 Å². The van der Waals surface area contributed by atoms with Gasteiger partial charge in [0.25, 0.3) is 0 Å². The molecule has 190 valence electrons. The minimum absolute atomic E-state index is 0.0490. The van der Waals surface area contributed by atoms with Gasteiger partial charge in [-0.25, -0.2) is 0 Å². The second kappa shape index (κ2) is 9.45. The summed E-state index contributed by atoms with van der Waals surface area (Å²) in [5.74, 6) is -1.43. The first-order valence-corrected chi connectivity index (χ1v) is 14.0. The normalized spacial score (nSPS) is 21.5. The Balaban J connectivity index is 1.31. The minimum atomic E-state index is -0.844. The lowest BCUT2D eigenvalue weighted by Gasteiger charge is -2.30. The third kappa shape index (κ3) is 3.75. The quantitative estimate of drug-likeness (QED) is 0.324. The summed E-state index contributed by atoms with van der Waals surface area (Å²) < 4.78 is 0. The molecule has 0 amide bonds. The van der Waals surface area contributed by atoms with E-state index in [1.807, 2.05) is 12.2 Å². The number of benzene rings is 2. The molecule has 2 atom stereocenters. The Morgan fingerprint density at radius 3 is 1.47 bits per heavy atom. The second-order valence-corrected chi connectivity index (χ2v) is 11.4. The smallest absolute Gasteiger partial charge is 0.182 e. The number of ketones is 2. The van der Waals surface area contributed by atoms with Gasteiger partial charge in [0.1, 0.15) is 34.9 Å². The van der Waals surface area contributed by atoms with Crippen molar-refractivity contribution < 1.29 is 30.0 Å². The summed E-state index contributed by atoms with van der Waals surface area (Å²) >= 11 is 3.06. The van der Waals surface area contributed by atoms with Crippen molar-refractivity contribution in [2.75, 3.05) is 11.5 Å².